The molecule has 1 aromatic heterocycles. The van der Waals surface area contributed by atoms with E-state index in [0.717, 1.165) is 60.6 Å². The van der Waals surface area contributed by atoms with Crippen LogP contribution in [-0.4, -0.2) is 40.3 Å². The third kappa shape index (κ3) is 4.82. The van der Waals surface area contributed by atoms with Gasteiger partial charge >= 0.3 is 0 Å². The lowest BCUT2D eigenvalue weighted by molar-refractivity contribution is 0.0602. The number of likely N-dealkylation sites (tertiary alicyclic amines) is 1. The lowest BCUT2D eigenvalue weighted by Gasteiger charge is -2.36. The number of methoxy groups -OCH3 is 1. The lowest BCUT2D eigenvalue weighted by atomic mass is 9.95. The van der Waals surface area contributed by atoms with E-state index >= 15 is 0 Å². The van der Waals surface area contributed by atoms with Gasteiger partial charge in [-0.1, -0.05) is 12.1 Å². The normalized spacial score (nSPS) is 16.4. The van der Waals surface area contributed by atoms with Gasteiger partial charge in [0.1, 0.15) is 5.75 Å². The molecule has 0 bridgehead atoms. The molecule has 2 heterocycles. The van der Waals surface area contributed by atoms with Gasteiger partial charge in [-0.3, -0.25) is 4.79 Å². The van der Waals surface area contributed by atoms with Crippen LogP contribution in [0.5, 0.6) is 5.75 Å². The number of amides is 1. The number of hydrogen-bond acceptors (Lipinski definition) is 3. The summed E-state index contributed by atoms with van der Waals surface area (Å²) < 4.78 is 7.26. The van der Waals surface area contributed by atoms with Gasteiger partial charge in [0, 0.05) is 23.8 Å². The topological polar surface area (TPSA) is 47.4 Å². The van der Waals surface area contributed by atoms with Crippen LogP contribution in [0.1, 0.15) is 53.0 Å². The Bertz CT molecular complexity index is 1040. The van der Waals surface area contributed by atoms with Crippen LogP contribution in [0.3, 0.4) is 0 Å². The first-order valence-corrected chi connectivity index (χ1v) is 11.1. The molecule has 1 fully saturated rings. The predicted octanol–water partition coefficient (Wildman–Crippen LogP) is 5.13. The molecule has 1 amide bonds. The zero-order chi connectivity index (χ0) is 21.8. The monoisotopic (exact) mass is 417 g/mol. The summed E-state index contributed by atoms with van der Waals surface area (Å²) in [6.07, 6.45) is 5.25. The molecule has 0 saturated carbocycles. The molecule has 1 aliphatic rings. The summed E-state index contributed by atoms with van der Waals surface area (Å²) in [5.41, 5.74) is 5.07. The highest BCUT2D eigenvalue weighted by atomic mass is 16.5. The summed E-state index contributed by atoms with van der Waals surface area (Å²) in [4.78, 5) is 15.4. The number of aryl methyl sites for hydroxylation is 3. The van der Waals surface area contributed by atoms with E-state index in [9.17, 15) is 4.79 Å². The fourth-order valence-electron chi connectivity index (χ4n) is 4.53. The number of carbonyl (C=O) groups excluding carboxylic acids is 1. The number of benzene rings is 2. The van der Waals surface area contributed by atoms with Gasteiger partial charge in [-0.15, -0.1) is 0 Å². The van der Waals surface area contributed by atoms with E-state index in [1.807, 2.05) is 54.9 Å². The maximum atomic E-state index is 13.3. The van der Waals surface area contributed by atoms with Gasteiger partial charge in [-0.2, -0.15) is 5.10 Å². The molecule has 2 aromatic carbocycles. The molecule has 1 aliphatic heterocycles. The van der Waals surface area contributed by atoms with Crippen LogP contribution in [0.4, 0.5) is 0 Å². The molecule has 3 aromatic rings. The molecule has 162 valence electrons. The van der Waals surface area contributed by atoms with Crippen molar-refractivity contribution in [1.29, 1.82) is 0 Å². The Hall–Kier alpha value is -3.08. The van der Waals surface area contributed by atoms with E-state index in [1.54, 1.807) is 7.11 Å². The molecular formula is C26H31N3O2. The standard InChI is InChI=1S/C26H31N3O2/c1-19-17-20(2)29(27-19)24-14-11-22(12-15-24)26(30)28-16-5-4-8-23(28)13-10-21-7-6-9-25(18-21)31-3/h6-7,9,11-12,14-15,17-18,23H,4-5,8,10,13,16H2,1-3H3/t23-/m0/s1. The average molecular weight is 418 g/mol. The van der Waals surface area contributed by atoms with E-state index in [4.69, 9.17) is 4.74 Å². The van der Waals surface area contributed by atoms with E-state index in [1.165, 1.54) is 12.0 Å². The zero-order valence-electron chi connectivity index (χ0n) is 18.7. The van der Waals surface area contributed by atoms with Crippen LogP contribution >= 0.6 is 0 Å². The molecule has 4 rings (SSSR count). The third-order valence-corrected chi connectivity index (χ3v) is 6.16. The van der Waals surface area contributed by atoms with Gasteiger partial charge in [-0.25, -0.2) is 4.68 Å². The van der Waals surface area contributed by atoms with E-state index in [0.29, 0.717) is 0 Å². The number of nitrogens with zero attached hydrogens (tertiary/aromatic N) is 3. The van der Waals surface area contributed by atoms with Crippen LogP contribution in [-0.2, 0) is 6.42 Å². The Morgan fingerprint density at radius 3 is 2.61 bits per heavy atom. The fourth-order valence-corrected chi connectivity index (χ4v) is 4.53. The van der Waals surface area contributed by atoms with Crippen LogP contribution < -0.4 is 4.74 Å². The first kappa shape index (κ1) is 21.2. The molecule has 0 unspecified atom stereocenters. The van der Waals surface area contributed by atoms with Gasteiger partial charge < -0.3 is 9.64 Å². The highest BCUT2D eigenvalue weighted by molar-refractivity contribution is 5.94. The van der Waals surface area contributed by atoms with Gasteiger partial charge in [0.25, 0.3) is 5.91 Å². The maximum absolute atomic E-state index is 13.3. The Labute approximate surface area is 184 Å². The summed E-state index contributed by atoms with van der Waals surface area (Å²) in [5.74, 6) is 1.02. The molecule has 0 aliphatic carbocycles. The maximum Gasteiger partial charge on any atom is 0.254 e. The number of hydrogen-bond donors (Lipinski definition) is 0. The fraction of sp³-hybridized carbons (Fsp3) is 0.385. The summed E-state index contributed by atoms with van der Waals surface area (Å²) >= 11 is 0. The molecule has 0 N–H and O–H groups in total. The van der Waals surface area contributed by atoms with Gasteiger partial charge in [-0.05, 0) is 94.0 Å². The SMILES string of the molecule is COc1cccc(CC[C@@H]2CCCCN2C(=O)c2ccc(-n3nc(C)cc3C)cc2)c1. The Kier molecular flexibility index (Phi) is 6.40. The Balaban J connectivity index is 1.46. The van der Waals surface area contributed by atoms with E-state index in [-0.39, 0.29) is 11.9 Å². The van der Waals surface area contributed by atoms with Crippen LogP contribution in [0.25, 0.3) is 5.69 Å². The van der Waals surface area contributed by atoms with Gasteiger partial charge in [0.05, 0.1) is 18.5 Å². The number of aromatic nitrogens is 2. The molecule has 5 nitrogen and oxygen atoms in total. The van der Waals surface area contributed by atoms with Crippen molar-refractivity contribution in [2.24, 2.45) is 0 Å². The smallest absolute Gasteiger partial charge is 0.254 e. The number of ether oxygens (including phenoxy) is 1. The highest BCUT2D eigenvalue weighted by Gasteiger charge is 2.27. The lowest BCUT2D eigenvalue weighted by Crippen LogP contribution is -2.44. The molecule has 5 heteroatoms. The summed E-state index contributed by atoms with van der Waals surface area (Å²) in [7, 11) is 1.70. The zero-order valence-corrected chi connectivity index (χ0v) is 18.7. The Morgan fingerprint density at radius 2 is 1.90 bits per heavy atom. The first-order chi connectivity index (χ1) is 15.0. The molecule has 1 atom stereocenters. The quantitative estimate of drug-likeness (QED) is 0.559. The van der Waals surface area contributed by atoms with Crippen LogP contribution in [0.2, 0.25) is 0 Å². The second kappa shape index (κ2) is 9.38. The van der Waals surface area contributed by atoms with Crippen LogP contribution in [0, 0.1) is 13.8 Å². The highest BCUT2D eigenvalue weighted by Crippen LogP contribution is 2.25. The number of rotatable bonds is 6. The summed E-state index contributed by atoms with van der Waals surface area (Å²) in [6, 6.07) is 18.4. The van der Waals surface area contributed by atoms with E-state index in [2.05, 4.69) is 28.2 Å². The molecule has 31 heavy (non-hydrogen) atoms. The van der Waals surface area contributed by atoms with Crippen molar-refractivity contribution in [1.82, 2.24) is 14.7 Å². The number of carbonyl (C=O) groups is 1. The largest absolute Gasteiger partial charge is 0.497 e. The predicted molar refractivity (Wildman–Crippen MR) is 123 cm³/mol. The third-order valence-electron chi connectivity index (χ3n) is 6.16. The van der Waals surface area contributed by atoms with Crippen LogP contribution in [0.15, 0.2) is 54.6 Å². The van der Waals surface area contributed by atoms with Gasteiger partial charge in [0.2, 0.25) is 0 Å². The summed E-state index contributed by atoms with van der Waals surface area (Å²) in [6.45, 7) is 4.87. The minimum absolute atomic E-state index is 0.135. The van der Waals surface area contributed by atoms with Crippen molar-refractivity contribution in [2.45, 2.75) is 52.0 Å². The van der Waals surface area contributed by atoms with Crippen molar-refractivity contribution in [3.63, 3.8) is 0 Å². The van der Waals surface area contributed by atoms with Crippen molar-refractivity contribution in [3.8, 4) is 11.4 Å². The van der Waals surface area contributed by atoms with Crippen molar-refractivity contribution >= 4 is 5.91 Å². The number of piperidine rings is 1. The molecule has 0 radical (unpaired) electrons. The second-order valence-electron chi connectivity index (χ2n) is 8.42. The van der Waals surface area contributed by atoms with Crippen molar-refractivity contribution in [2.75, 3.05) is 13.7 Å². The molecular weight excluding hydrogens is 386 g/mol. The van der Waals surface area contributed by atoms with Gasteiger partial charge in [0.15, 0.2) is 0 Å². The summed E-state index contributed by atoms with van der Waals surface area (Å²) in [5, 5.41) is 4.53. The van der Waals surface area contributed by atoms with Crippen molar-refractivity contribution in [3.05, 3.63) is 77.1 Å². The minimum atomic E-state index is 0.135. The van der Waals surface area contributed by atoms with Crippen molar-refractivity contribution < 1.29 is 9.53 Å². The average Bonchev–Trinajstić information content (AvgIpc) is 3.15. The Morgan fingerprint density at radius 1 is 1.10 bits per heavy atom. The minimum Gasteiger partial charge on any atom is -0.497 e. The first-order valence-electron chi connectivity index (χ1n) is 11.1. The molecule has 0 spiro atoms. The second-order valence-corrected chi connectivity index (χ2v) is 8.42. The van der Waals surface area contributed by atoms with E-state index < -0.39 is 0 Å². The molecule has 1 saturated heterocycles.